The van der Waals surface area contributed by atoms with Gasteiger partial charge in [0.25, 0.3) is 0 Å². The van der Waals surface area contributed by atoms with E-state index in [2.05, 4.69) is 10.6 Å². The molecule has 3 N–H and O–H groups in total. The van der Waals surface area contributed by atoms with Crippen molar-refractivity contribution in [1.82, 2.24) is 10.6 Å². The molecule has 0 spiro atoms. The van der Waals surface area contributed by atoms with Crippen LogP contribution in [0.1, 0.15) is 46.5 Å². The number of carbonyl (C=O) groups excluding carboxylic acids is 1. The van der Waals surface area contributed by atoms with Crippen LogP contribution in [0.3, 0.4) is 0 Å². The topological polar surface area (TPSA) is 78.4 Å². The molecule has 0 saturated heterocycles. The lowest BCUT2D eigenvalue weighted by Crippen LogP contribution is -2.40. The predicted molar refractivity (Wildman–Crippen MR) is 66.3 cm³/mol. The zero-order valence-corrected chi connectivity index (χ0v) is 10.8. The molecule has 1 radical (unpaired) electrons. The normalized spacial score (nSPS) is 12.5. The van der Waals surface area contributed by atoms with Gasteiger partial charge in [-0.05, 0) is 19.3 Å². The lowest BCUT2D eigenvalue weighted by Gasteiger charge is -2.16. The summed E-state index contributed by atoms with van der Waals surface area (Å²) in [6.45, 7) is 7.32. The molecule has 0 bridgehead atoms. The zero-order valence-electron chi connectivity index (χ0n) is 10.8. The molecule has 99 valence electrons. The molecular weight excluding hydrogens is 220 g/mol. The minimum Gasteiger partial charge on any atom is -0.480 e. The average Bonchev–Trinajstić information content (AvgIpc) is 2.25. The van der Waals surface area contributed by atoms with Crippen LogP contribution in [0, 0.1) is 6.54 Å². The highest BCUT2D eigenvalue weighted by molar-refractivity contribution is 5.76. The summed E-state index contributed by atoms with van der Waals surface area (Å²) in [5.41, 5.74) is 0. The number of carbonyl (C=O) groups is 2. The van der Waals surface area contributed by atoms with Gasteiger partial charge in [0.2, 0.25) is 5.91 Å². The van der Waals surface area contributed by atoms with Crippen LogP contribution in [-0.4, -0.2) is 29.1 Å². The quantitative estimate of drug-likeness (QED) is 0.533. The lowest BCUT2D eigenvalue weighted by molar-refractivity contribution is -0.139. The first-order chi connectivity index (χ1) is 7.97. The van der Waals surface area contributed by atoms with E-state index in [9.17, 15) is 9.59 Å². The summed E-state index contributed by atoms with van der Waals surface area (Å²) in [4.78, 5) is 21.8. The number of amides is 1. The van der Waals surface area contributed by atoms with Gasteiger partial charge in [-0.3, -0.25) is 9.59 Å². The van der Waals surface area contributed by atoms with Crippen LogP contribution in [0.4, 0.5) is 0 Å². The van der Waals surface area contributed by atoms with Gasteiger partial charge in [-0.25, -0.2) is 0 Å². The molecule has 0 heterocycles. The molecule has 0 aliphatic heterocycles. The highest BCUT2D eigenvalue weighted by Gasteiger charge is 2.16. The molecule has 0 rings (SSSR count). The SMILES string of the molecule is CCC(=O)N[CH]CCCC(NC(C)C)C(=O)O. The summed E-state index contributed by atoms with van der Waals surface area (Å²) in [5, 5.41) is 14.6. The highest BCUT2D eigenvalue weighted by atomic mass is 16.4. The molecule has 0 aromatic rings. The molecule has 17 heavy (non-hydrogen) atoms. The molecule has 0 aromatic carbocycles. The van der Waals surface area contributed by atoms with Gasteiger partial charge in [0.1, 0.15) is 6.04 Å². The average molecular weight is 243 g/mol. The van der Waals surface area contributed by atoms with E-state index in [1.54, 1.807) is 13.5 Å². The van der Waals surface area contributed by atoms with Crippen LogP contribution in [-0.2, 0) is 9.59 Å². The fourth-order valence-corrected chi connectivity index (χ4v) is 1.39. The Morgan fingerprint density at radius 3 is 2.47 bits per heavy atom. The second-order valence-electron chi connectivity index (χ2n) is 4.27. The zero-order chi connectivity index (χ0) is 13.3. The van der Waals surface area contributed by atoms with Crippen LogP contribution in [0.5, 0.6) is 0 Å². The van der Waals surface area contributed by atoms with Crippen molar-refractivity contribution in [2.75, 3.05) is 0 Å². The Labute approximate surface area is 103 Å². The smallest absolute Gasteiger partial charge is 0.320 e. The van der Waals surface area contributed by atoms with Gasteiger partial charge in [0.15, 0.2) is 0 Å². The van der Waals surface area contributed by atoms with Gasteiger partial charge in [-0.2, -0.15) is 0 Å². The molecule has 0 aromatic heterocycles. The van der Waals surface area contributed by atoms with Crippen molar-refractivity contribution < 1.29 is 14.7 Å². The number of nitrogens with one attached hydrogen (secondary N) is 2. The number of aliphatic carboxylic acids is 1. The first-order valence-electron chi connectivity index (χ1n) is 6.07. The van der Waals surface area contributed by atoms with Crippen molar-refractivity contribution in [3.63, 3.8) is 0 Å². The van der Waals surface area contributed by atoms with Crippen molar-refractivity contribution in [2.45, 2.75) is 58.5 Å². The van der Waals surface area contributed by atoms with Crippen molar-refractivity contribution in [3.05, 3.63) is 6.54 Å². The maximum absolute atomic E-state index is 10.9. The predicted octanol–water partition coefficient (Wildman–Crippen LogP) is 1.30. The number of carboxylic acid groups (broad SMARTS) is 1. The molecule has 0 saturated carbocycles. The van der Waals surface area contributed by atoms with E-state index in [1.165, 1.54) is 0 Å². The number of rotatable bonds is 9. The maximum atomic E-state index is 10.9. The first kappa shape index (κ1) is 15.9. The van der Waals surface area contributed by atoms with E-state index in [0.29, 0.717) is 19.3 Å². The molecule has 5 heteroatoms. The Kier molecular flexibility index (Phi) is 8.40. The Balaban J connectivity index is 3.68. The van der Waals surface area contributed by atoms with Crippen molar-refractivity contribution in [3.8, 4) is 0 Å². The summed E-state index contributed by atoms with van der Waals surface area (Å²) in [5.74, 6) is -0.837. The van der Waals surface area contributed by atoms with E-state index in [4.69, 9.17) is 5.11 Å². The number of carboxylic acids is 1. The van der Waals surface area contributed by atoms with Gasteiger partial charge in [-0.1, -0.05) is 20.8 Å². The number of hydrogen-bond acceptors (Lipinski definition) is 3. The van der Waals surface area contributed by atoms with Gasteiger partial charge in [0, 0.05) is 19.0 Å². The third kappa shape index (κ3) is 8.68. The fourth-order valence-electron chi connectivity index (χ4n) is 1.39. The van der Waals surface area contributed by atoms with E-state index >= 15 is 0 Å². The molecule has 5 nitrogen and oxygen atoms in total. The Hall–Kier alpha value is -1.10. The maximum Gasteiger partial charge on any atom is 0.320 e. The number of unbranched alkanes of at least 4 members (excludes halogenated alkanes) is 1. The summed E-state index contributed by atoms with van der Waals surface area (Å²) in [6.07, 6.45) is 2.45. The second kappa shape index (κ2) is 8.98. The Bertz CT molecular complexity index is 242. The van der Waals surface area contributed by atoms with E-state index in [-0.39, 0.29) is 11.9 Å². The second-order valence-corrected chi connectivity index (χ2v) is 4.27. The van der Waals surface area contributed by atoms with E-state index < -0.39 is 12.0 Å². The minimum absolute atomic E-state index is 0.0138. The highest BCUT2D eigenvalue weighted by Crippen LogP contribution is 2.03. The minimum atomic E-state index is -0.823. The Morgan fingerprint density at radius 2 is 2.00 bits per heavy atom. The Morgan fingerprint density at radius 1 is 1.35 bits per heavy atom. The fraction of sp³-hybridized carbons (Fsp3) is 0.750. The van der Waals surface area contributed by atoms with Crippen LogP contribution >= 0.6 is 0 Å². The van der Waals surface area contributed by atoms with Crippen LogP contribution in [0.15, 0.2) is 0 Å². The molecule has 1 amide bonds. The molecule has 0 aliphatic carbocycles. The van der Waals surface area contributed by atoms with Crippen molar-refractivity contribution >= 4 is 11.9 Å². The molecule has 1 unspecified atom stereocenters. The number of hydrogen-bond donors (Lipinski definition) is 3. The van der Waals surface area contributed by atoms with Gasteiger partial charge >= 0.3 is 5.97 Å². The van der Waals surface area contributed by atoms with Gasteiger partial charge in [0.05, 0.1) is 0 Å². The first-order valence-corrected chi connectivity index (χ1v) is 6.07. The summed E-state index contributed by atoms with van der Waals surface area (Å²) in [7, 11) is 0. The standard InChI is InChI=1S/C12H23N2O3/c1-4-11(15)13-8-6-5-7-10(12(16)17)14-9(2)3/h8-10,14H,4-7H2,1-3H3,(H,13,15)(H,16,17). The summed E-state index contributed by atoms with van der Waals surface area (Å²) in [6, 6.07) is -0.356. The lowest BCUT2D eigenvalue weighted by atomic mass is 10.1. The van der Waals surface area contributed by atoms with Crippen molar-refractivity contribution in [2.24, 2.45) is 0 Å². The monoisotopic (exact) mass is 243 g/mol. The van der Waals surface area contributed by atoms with Gasteiger partial charge < -0.3 is 15.7 Å². The summed E-state index contributed by atoms with van der Waals surface area (Å²) < 4.78 is 0. The van der Waals surface area contributed by atoms with E-state index in [0.717, 1.165) is 6.42 Å². The molecule has 0 aliphatic rings. The van der Waals surface area contributed by atoms with Gasteiger partial charge in [-0.15, -0.1) is 0 Å². The molecule has 0 fully saturated rings. The molecular formula is C12H23N2O3. The van der Waals surface area contributed by atoms with Crippen LogP contribution < -0.4 is 10.6 Å². The largest absolute Gasteiger partial charge is 0.480 e. The van der Waals surface area contributed by atoms with Crippen LogP contribution in [0.2, 0.25) is 0 Å². The van der Waals surface area contributed by atoms with E-state index in [1.807, 2.05) is 13.8 Å². The molecule has 1 atom stereocenters. The van der Waals surface area contributed by atoms with Crippen LogP contribution in [0.25, 0.3) is 0 Å². The summed E-state index contributed by atoms with van der Waals surface area (Å²) >= 11 is 0. The third-order valence-electron chi connectivity index (χ3n) is 2.26. The van der Waals surface area contributed by atoms with Crippen molar-refractivity contribution in [1.29, 1.82) is 0 Å². The third-order valence-corrected chi connectivity index (χ3v) is 2.26.